The van der Waals surface area contributed by atoms with Crippen molar-refractivity contribution in [3.05, 3.63) is 12.7 Å². The fourth-order valence-electron chi connectivity index (χ4n) is 0.777. The highest BCUT2D eigenvalue weighted by atomic mass is 16.4. The van der Waals surface area contributed by atoms with Crippen LogP contribution in [-0.2, 0) is 4.79 Å². The molecule has 5 heteroatoms. The molecule has 14 heavy (non-hydrogen) atoms. The lowest BCUT2D eigenvalue weighted by molar-refractivity contribution is -0.137. The Morgan fingerprint density at radius 1 is 1.64 bits per heavy atom. The van der Waals surface area contributed by atoms with E-state index >= 15 is 0 Å². The van der Waals surface area contributed by atoms with E-state index < -0.39 is 12.0 Å². The lowest BCUT2D eigenvalue weighted by Gasteiger charge is -2.18. The zero-order valence-electron chi connectivity index (χ0n) is 7.69. The molecule has 5 nitrogen and oxygen atoms in total. The third-order valence-corrected chi connectivity index (χ3v) is 1.30. The monoisotopic (exact) mass is 196 g/mol. The molecule has 0 fully saturated rings. The zero-order valence-corrected chi connectivity index (χ0v) is 7.69. The summed E-state index contributed by atoms with van der Waals surface area (Å²) in [6.45, 7) is 3.29. The van der Waals surface area contributed by atoms with Gasteiger partial charge in [-0.2, -0.15) is 0 Å². The number of aliphatic carboxylic acids is 1. The summed E-state index contributed by atoms with van der Waals surface area (Å²) in [5, 5.41) is 10.9. The van der Waals surface area contributed by atoms with E-state index in [9.17, 15) is 9.59 Å². The lowest BCUT2D eigenvalue weighted by atomic mass is 10.5. The number of carboxylic acid groups (broad SMARTS) is 1. The molecule has 0 heterocycles. The average Bonchev–Trinajstić information content (AvgIpc) is 2.13. The Bertz CT molecular complexity index is 268. The van der Waals surface area contributed by atoms with Crippen molar-refractivity contribution in [2.45, 2.75) is 0 Å². The van der Waals surface area contributed by atoms with E-state index in [2.05, 4.69) is 17.8 Å². The Morgan fingerprint density at radius 3 is 2.71 bits per heavy atom. The van der Waals surface area contributed by atoms with E-state index in [1.165, 1.54) is 6.08 Å². The van der Waals surface area contributed by atoms with E-state index in [0.717, 1.165) is 4.90 Å². The number of nitrogens with one attached hydrogen (secondary N) is 1. The van der Waals surface area contributed by atoms with Crippen LogP contribution in [0, 0.1) is 12.3 Å². The summed E-state index contributed by atoms with van der Waals surface area (Å²) < 4.78 is 0. The van der Waals surface area contributed by atoms with Gasteiger partial charge in [-0.05, 0) is 0 Å². The highest BCUT2D eigenvalue weighted by Crippen LogP contribution is 1.89. The summed E-state index contributed by atoms with van der Waals surface area (Å²) in [4.78, 5) is 22.7. The van der Waals surface area contributed by atoms with Crippen LogP contribution in [0.3, 0.4) is 0 Å². The van der Waals surface area contributed by atoms with Gasteiger partial charge in [0.15, 0.2) is 0 Å². The molecule has 0 saturated carbocycles. The molecular weight excluding hydrogens is 184 g/mol. The van der Waals surface area contributed by atoms with Gasteiger partial charge < -0.3 is 15.3 Å². The second-order valence-corrected chi connectivity index (χ2v) is 2.43. The first kappa shape index (κ1) is 12.0. The average molecular weight is 196 g/mol. The minimum absolute atomic E-state index is 0.0755. The Morgan fingerprint density at radius 2 is 2.29 bits per heavy atom. The van der Waals surface area contributed by atoms with Crippen LogP contribution in [0.4, 0.5) is 4.79 Å². The Balaban J connectivity index is 4.18. The molecule has 0 aliphatic carbocycles. The van der Waals surface area contributed by atoms with Crippen molar-refractivity contribution >= 4 is 12.0 Å². The SMILES string of the molecule is C#CCNC(=O)N(CC=C)CC(=O)O. The number of carbonyl (C=O) groups excluding carboxylic acids is 1. The summed E-state index contributed by atoms with van der Waals surface area (Å²) in [5.41, 5.74) is 0. The molecule has 0 unspecified atom stereocenters. The van der Waals surface area contributed by atoms with Gasteiger partial charge in [0, 0.05) is 6.54 Å². The van der Waals surface area contributed by atoms with Gasteiger partial charge >= 0.3 is 12.0 Å². The fraction of sp³-hybridized carbons (Fsp3) is 0.333. The number of carbonyl (C=O) groups is 2. The number of urea groups is 1. The lowest BCUT2D eigenvalue weighted by Crippen LogP contribution is -2.42. The zero-order chi connectivity index (χ0) is 11.0. The summed E-state index contributed by atoms with van der Waals surface area (Å²) in [6, 6.07) is -0.509. The van der Waals surface area contributed by atoms with Crippen molar-refractivity contribution < 1.29 is 14.7 Å². The van der Waals surface area contributed by atoms with Crippen molar-refractivity contribution in [1.29, 1.82) is 0 Å². The molecule has 0 aromatic rings. The van der Waals surface area contributed by atoms with Crippen LogP contribution >= 0.6 is 0 Å². The molecule has 0 rings (SSSR count). The standard InChI is InChI=1S/C9H12N2O3/c1-3-5-10-9(14)11(6-4-2)7-8(12)13/h1,4H,2,5-7H2,(H,10,14)(H,12,13). The quantitative estimate of drug-likeness (QED) is 0.476. The van der Waals surface area contributed by atoms with Gasteiger partial charge in [0.25, 0.3) is 0 Å². The van der Waals surface area contributed by atoms with Gasteiger partial charge in [-0.15, -0.1) is 13.0 Å². The van der Waals surface area contributed by atoms with E-state index in [1.54, 1.807) is 0 Å². The van der Waals surface area contributed by atoms with Crippen LogP contribution in [0.1, 0.15) is 0 Å². The Kier molecular flexibility index (Phi) is 5.63. The van der Waals surface area contributed by atoms with E-state index in [4.69, 9.17) is 11.5 Å². The Labute approximate surface area is 82.4 Å². The van der Waals surface area contributed by atoms with E-state index in [-0.39, 0.29) is 19.6 Å². The number of hydrogen-bond acceptors (Lipinski definition) is 2. The van der Waals surface area contributed by atoms with Crippen LogP contribution in [0.5, 0.6) is 0 Å². The molecule has 0 aliphatic rings. The van der Waals surface area contributed by atoms with Crippen molar-refractivity contribution in [1.82, 2.24) is 10.2 Å². The van der Waals surface area contributed by atoms with Crippen molar-refractivity contribution in [3.8, 4) is 12.3 Å². The minimum atomic E-state index is -1.08. The van der Waals surface area contributed by atoms with Crippen LogP contribution < -0.4 is 5.32 Å². The number of nitrogens with zero attached hydrogens (tertiary/aromatic N) is 1. The molecule has 76 valence electrons. The molecule has 2 amide bonds. The van der Waals surface area contributed by atoms with Crippen molar-refractivity contribution in [3.63, 3.8) is 0 Å². The second kappa shape index (κ2) is 6.54. The first-order valence-corrected chi connectivity index (χ1v) is 3.90. The topological polar surface area (TPSA) is 69.6 Å². The molecule has 0 spiro atoms. The van der Waals surface area contributed by atoms with Crippen LogP contribution in [-0.4, -0.2) is 41.6 Å². The maximum Gasteiger partial charge on any atom is 0.323 e. The largest absolute Gasteiger partial charge is 0.480 e. The predicted molar refractivity (Wildman–Crippen MR) is 51.6 cm³/mol. The van der Waals surface area contributed by atoms with Crippen LogP contribution in [0.15, 0.2) is 12.7 Å². The number of terminal acetylenes is 1. The molecule has 0 bridgehead atoms. The second-order valence-electron chi connectivity index (χ2n) is 2.43. The van der Waals surface area contributed by atoms with Gasteiger partial charge in [-0.3, -0.25) is 4.79 Å². The molecule has 0 aromatic carbocycles. The third-order valence-electron chi connectivity index (χ3n) is 1.30. The first-order valence-electron chi connectivity index (χ1n) is 3.90. The number of amides is 2. The summed E-state index contributed by atoms with van der Waals surface area (Å²) >= 11 is 0. The van der Waals surface area contributed by atoms with E-state index in [0.29, 0.717) is 0 Å². The summed E-state index contributed by atoms with van der Waals surface area (Å²) in [5.74, 6) is 1.14. The smallest absolute Gasteiger partial charge is 0.323 e. The molecule has 2 N–H and O–H groups in total. The predicted octanol–water partition coefficient (Wildman–Crippen LogP) is -0.0982. The fourth-order valence-corrected chi connectivity index (χ4v) is 0.777. The maximum atomic E-state index is 11.2. The normalized spacial score (nSPS) is 8.50. The van der Waals surface area contributed by atoms with Gasteiger partial charge in [-0.25, -0.2) is 4.79 Å². The summed E-state index contributed by atoms with van der Waals surface area (Å²) in [7, 11) is 0. The van der Waals surface area contributed by atoms with Crippen LogP contribution in [0.2, 0.25) is 0 Å². The minimum Gasteiger partial charge on any atom is -0.480 e. The Hall–Kier alpha value is -1.96. The number of hydrogen-bond donors (Lipinski definition) is 2. The number of rotatable bonds is 5. The molecule has 0 aromatic heterocycles. The molecule has 0 atom stereocenters. The van der Waals surface area contributed by atoms with Crippen molar-refractivity contribution in [2.75, 3.05) is 19.6 Å². The van der Waals surface area contributed by atoms with Gasteiger partial charge in [0.2, 0.25) is 0 Å². The van der Waals surface area contributed by atoms with E-state index in [1.807, 2.05) is 0 Å². The van der Waals surface area contributed by atoms with Gasteiger partial charge in [0.05, 0.1) is 6.54 Å². The van der Waals surface area contributed by atoms with Gasteiger partial charge in [-0.1, -0.05) is 12.0 Å². The molecule has 0 saturated heterocycles. The molecule has 0 radical (unpaired) electrons. The van der Waals surface area contributed by atoms with Gasteiger partial charge in [0.1, 0.15) is 6.54 Å². The third kappa shape index (κ3) is 4.83. The first-order chi connectivity index (χ1) is 6.61. The highest BCUT2D eigenvalue weighted by Gasteiger charge is 2.13. The maximum absolute atomic E-state index is 11.2. The number of carboxylic acids is 1. The highest BCUT2D eigenvalue weighted by molar-refractivity contribution is 5.80. The van der Waals surface area contributed by atoms with Crippen molar-refractivity contribution in [2.24, 2.45) is 0 Å². The molecular formula is C9H12N2O3. The molecule has 0 aliphatic heterocycles. The van der Waals surface area contributed by atoms with Crippen LogP contribution in [0.25, 0.3) is 0 Å². The summed E-state index contributed by atoms with van der Waals surface area (Å²) in [6.07, 6.45) is 6.38.